The summed E-state index contributed by atoms with van der Waals surface area (Å²) < 4.78 is 56.2. The van der Waals surface area contributed by atoms with Gasteiger partial charge in [-0.25, -0.2) is 0 Å². The Hall–Kier alpha value is -1.32. The molecule has 0 radical (unpaired) electrons. The molecule has 0 unspecified atom stereocenters. The lowest BCUT2D eigenvalue weighted by atomic mass is 10.0. The van der Waals surface area contributed by atoms with Crippen LogP contribution < -0.4 is 4.74 Å². The lowest BCUT2D eigenvalue weighted by molar-refractivity contribution is -0.186. The summed E-state index contributed by atoms with van der Waals surface area (Å²) in [5, 5.41) is 0. The van der Waals surface area contributed by atoms with Crippen LogP contribution in [0.15, 0.2) is 48.5 Å². The fourth-order valence-electron chi connectivity index (χ4n) is 2.44. The van der Waals surface area contributed by atoms with Crippen molar-refractivity contribution < 1.29 is 27.4 Å². The maximum absolute atomic E-state index is 12.7. The quantitative estimate of drug-likeness (QED) is 0.639. The van der Waals surface area contributed by atoms with Gasteiger partial charge in [-0.15, -0.1) is 0 Å². The van der Waals surface area contributed by atoms with Gasteiger partial charge in [-0.1, -0.05) is 24.3 Å². The smallest absolute Gasteiger partial charge is 0.416 e. The van der Waals surface area contributed by atoms with E-state index < -0.39 is 17.5 Å². The van der Waals surface area contributed by atoms with E-state index in [-0.39, 0.29) is 6.61 Å². The van der Waals surface area contributed by atoms with Gasteiger partial charge in [-0.3, -0.25) is 0 Å². The van der Waals surface area contributed by atoms with Crippen LogP contribution >= 0.6 is 22.6 Å². The average molecular weight is 450 g/mol. The van der Waals surface area contributed by atoms with Crippen molar-refractivity contribution in [3.05, 3.63) is 63.2 Å². The number of hydrogen-bond donors (Lipinski definition) is 0. The van der Waals surface area contributed by atoms with Crippen molar-refractivity contribution in [1.82, 2.24) is 0 Å². The zero-order valence-electron chi connectivity index (χ0n) is 12.5. The van der Waals surface area contributed by atoms with E-state index >= 15 is 0 Å². The SMILES string of the molecule is FC(F)(F)c1ccc(C2(COc3ccccc3I)OCCO2)cc1. The minimum atomic E-state index is -4.38. The number of halogens is 4. The molecule has 3 nitrogen and oxygen atoms in total. The Morgan fingerprint density at radius 1 is 1.00 bits per heavy atom. The van der Waals surface area contributed by atoms with Crippen molar-refractivity contribution in [1.29, 1.82) is 0 Å². The Morgan fingerprint density at radius 3 is 2.21 bits per heavy atom. The number of alkyl halides is 3. The van der Waals surface area contributed by atoms with E-state index in [1.165, 1.54) is 12.1 Å². The number of ether oxygens (including phenoxy) is 3. The molecular formula is C17H14F3IO3. The molecule has 0 aromatic heterocycles. The molecule has 1 fully saturated rings. The summed E-state index contributed by atoms with van der Waals surface area (Å²) in [6, 6.07) is 12.2. The van der Waals surface area contributed by atoms with Crippen LogP contribution in [0.2, 0.25) is 0 Å². The van der Waals surface area contributed by atoms with E-state index in [9.17, 15) is 13.2 Å². The van der Waals surface area contributed by atoms with Crippen LogP contribution in [0.1, 0.15) is 11.1 Å². The summed E-state index contributed by atoms with van der Waals surface area (Å²) in [6.07, 6.45) is -4.38. The molecule has 1 aliphatic rings. The first-order valence-corrected chi connectivity index (χ1v) is 8.32. The lowest BCUT2D eigenvalue weighted by Crippen LogP contribution is -2.34. The Labute approximate surface area is 150 Å². The fourth-order valence-corrected chi connectivity index (χ4v) is 2.98. The van der Waals surface area contributed by atoms with Gasteiger partial charge < -0.3 is 14.2 Å². The summed E-state index contributed by atoms with van der Waals surface area (Å²) in [5.41, 5.74) is -0.211. The van der Waals surface area contributed by atoms with E-state index in [0.717, 1.165) is 15.7 Å². The van der Waals surface area contributed by atoms with Crippen molar-refractivity contribution in [2.45, 2.75) is 12.0 Å². The lowest BCUT2D eigenvalue weighted by Gasteiger charge is -2.28. The second kappa shape index (κ2) is 6.89. The van der Waals surface area contributed by atoms with Gasteiger partial charge in [-0.2, -0.15) is 13.2 Å². The Morgan fingerprint density at radius 2 is 1.62 bits per heavy atom. The van der Waals surface area contributed by atoms with Crippen LogP contribution in [-0.2, 0) is 21.4 Å². The van der Waals surface area contributed by atoms with E-state index in [1.807, 2.05) is 24.3 Å². The predicted molar refractivity (Wildman–Crippen MR) is 89.7 cm³/mol. The third kappa shape index (κ3) is 3.68. The number of hydrogen-bond acceptors (Lipinski definition) is 3. The maximum Gasteiger partial charge on any atom is 0.416 e. The van der Waals surface area contributed by atoms with Gasteiger partial charge in [0.25, 0.3) is 0 Å². The van der Waals surface area contributed by atoms with Crippen LogP contribution in [-0.4, -0.2) is 19.8 Å². The van der Waals surface area contributed by atoms with Crippen LogP contribution in [0.25, 0.3) is 0 Å². The monoisotopic (exact) mass is 450 g/mol. The minimum absolute atomic E-state index is 0.0539. The largest absolute Gasteiger partial charge is 0.486 e. The highest BCUT2D eigenvalue weighted by Gasteiger charge is 2.40. The molecule has 1 aliphatic heterocycles. The zero-order valence-corrected chi connectivity index (χ0v) is 14.6. The summed E-state index contributed by atoms with van der Waals surface area (Å²) in [7, 11) is 0. The molecule has 1 heterocycles. The van der Waals surface area contributed by atoms with Gasteiger partial charge in [0.2, 0.25) is 5.79 Å². The molecule has 1 saturated heterocycles. The molecular weight excluding hydrogens is 436 g/mol. The molecule has 0 amide bonds. The second-order valence-corrected chi connectivity index (χ2v) is 6.41. The fraction of sp³-hybridized carbons (Fsp3) is 0.294. The highest BCUT2D eigenvalue weighted by atomic mass is 127. The van der Waals surface area contributed by atoms with Gasteiger partial charge in [-0.05, 0) is 46.9 Å². The Kier molecular flexibility index (Phi) is 5.03. The minimum Gasteiger partial charge on any atom is -0.486 e. The van der Waals surface area contributed by atoms with Crippen LogP contribution in [0.4, 0.5) is 13.2 Å². The molecule has 0 saturated carbocycles. The standard InChI is InChI=1S/C17H14F3IO3/c18-17(19,20)13-7-5-12(6-8-13)16(23-9-10-24-16)11-22-15-4-2-1-3-14(15)21/h1-8H,9-11H2. The highest BCUT2D eigenvalue weighted by molar-refractivity contribution is 14.1. The topological polar surface area (TPSA) is 27.7 Å². The second-order valence-electron chi connectivity index (χ2n) is 5.24. The van der Waals surface area contributed by atoms with Gasteiger partial charge in [0.05, 0.1) is 22.3 Å². The van der Waals surface area contributed by atoms with Crippen molar-refractivity contribution in [2.75, 3.05) is 19.8 Å². The molecule has 128 valence electrons. The molecule has 7 heteroatoms. The zero-order chi connectivity index (χ0) is 17.2. The van der Waals surface area contributed by atoms with Crippen molar-refractivity contribution in [2.24, 2.45) is 0 Å². The predicted octanol–water partition coefficient (Wildman–Crippen LogP) is 4.59. The van der Waals surface area contributed by atoms with Crippen LogP contribution in [0.5, 0.6) is 5.75 Å². The molecule has 0 aliphatic carbocycles. The molecule has 0 bridgehead atoms. The first-order chi connectivity index (χ1) is 11.4. The number of para-hydroxylation sites is 1. The molecule has 3 rings (SSSR count). The molecule has 0 N–H and O–H groups in total. The third-order valence-corrected chi connectivity index (χ3v) is 4.55. The Bertz CT molecular complexity index is 695. The molecule has 0 spiro atoms. The van der Waals surface area contributed by atoms with Crippen molar-refractivity contribution in [3.8, 4) is 5.75 Å². The summed E-state index contributed by atoms with van der Waals surface area (Å²) in [5.74, 6) is -0.522. The van der Waals surface area contributed by atoms with E-state index in [1.54, 1.807) is 0 Å². The summed E-state index contributed by atoms with van der Waals surface area (Å²) >= 11 is 2.15. The maximum atomic E-state index is 12.7. The molecule has 2 aromatic rings. The van der Waals surface area contributed by atoms with Crippen molar-refractivity contribution in [3.63, 3.8) is 0 Å². The molecule has 2 aromatic carbocycles. The van der Waals surface area contributed by atoms with Gasteiger partial charge in [0.15, 0.2) is 0 Å². The van der Waals surface area contributed by atoms with Gasteiger partial charge in [0, 0.05) is 5.56 Å². The third-order valence-electron chi connectivity index (χ3n) is 3.66. The van der Waals surface area contributed by atoms with Gasteiger partial charge >= 0.3 is 6.18 Å². The first-order valence-electron chi connectivity index (χ1n) is 7.24. The van der Waals surface area contributed by atoms with Crippen LogP contribution in [0, 0.1) is 3.57 Å². The normalized spacial score (nSPS) is 17.0. The van der Waals surface area contributed by atoms with Crippen LogP contribution in [0.3, 0.4) is 0 Å². The van der Waals surface area contributed by atoms with Gasteiger partial charge in [0.1, 0.15) is 12.4 Å². The number of rotatable bonds is 4. The molecule has 0 atom stereocenters. The van der Waals surface area contributed by atoms with Crippen molar-refractivity contribution >= 4 is 22.6 Å². The average Bonchev–Trinajstić information content (AvgIpc) is 3.04. The van der Waals surface area contributed by atoms with E-state index in [4.69, 9.17) is 14.2 Å². The highest BCUT2D eigenvalue weighted by Crippen LogP contribution is 2.35. The summed E-state index contributed by atoms with van der Waals surface area (Å²) in [6.45, 7) is 0.769. The first kappa shape index (κ1) is 17.5. The number of benzene rings is 2. The Balaban J connectivity index is 1.82. The van der Waals surface area contributed by atoms with E-state index in [2.05, 4.69) is 22.6 Å². The van der Waals surface area contributed by atoms with E-state index in [0.29, 0.717) is 24.5 Å². The molecule has 24 heavy (non-hydrogen) atoms. The summed E-state index contributed by atoms with van der Waals surface area (Å²) in [4.78, 5) is 0.